The molecule has 1 heterocycles. The molecule has 19 heavy (non-hydrogen) atoms. The summed E-state index contributed by atoms with van der Waals surface area (Å²) in [4.78, 5) is 8.43. The normalized spacial score (nSPS) is 27.4. The minimum absolute atomic E-state index is 0.520. The molecule has 0 radical (unpaired) electrons. The van der Waals surface area contributed by atoms with Crippen LogP contribution in [0, 0.1) is 12.8 Å². The SMILES string of the molecule is CCC1CCC(O)(CNCc2ccnc(C)n2)CC1. The first kappa shape index (κ1) is 14.4. The van der Waals surface area contributed by atoms with Gasteiger partial charge in [0.2, 0.25) is 0 Å². The second-order valence-electron chi connectivity index (χ2n) is 5.77. The molecule has 0 bridgehead atoms. The zero-order valence-corrected chi connectivity index (χ0v) is 12.0. The number of rotatable bonds is 5. The van der Waals surface area contributed by atoms with Gasteiger partial charge in [-0.05, 0) is 44.6 Å². The number of aliphatic hydroxyl groups is 1. The molecule has 0 aliphatic heterocycles. The van der Waals surface area contributed by atoms with Gasteiger partial charge in [-0.2, -0.15) is 0 Å². The van der Waals surface area contributed by atoms with Gasteiger partial charge in [-0.15, -0.1) is 0 Å². The molecule has 4 heteroatoms. The molecule has 0 unspecified atom stereocenters. The first-order chi connectivity index (χ1) is 9.11. The van der Waals surface area contributed by atoms with Gasteiger partial charge in [-0.3, -0.25) is 0 Å². The Balaban J connectivity index is 1.76. The molecule has 0 saturated heterocycles. The molecule has 4 nitrogen and oxygen atoms in total. The van der Waals surface area contributed by atoms with E-state index in [0.717, 1.165) is 43.1 Å². The van der Waals surface area contributed by atoms with Crippen LogP contribution in [0.25, 0.3) is 0 Å². The van der Waals surface area contributed by atoms with Gasteiger partial charge >= 0.3 is 0 Å². The van der Waals surface area contributed by atoms with Crippen LogP contribution in [0.1, 0.15) is 50.5 Å². The summed E-state index contributed by atoms with van der Waals surface area (Å²) in [6.45, 7) is 5.49. The van der Waals surface area contributed by atoms with Gasteiger partial charge in [-0.25, -0.2) is 9.97 Å². The average Bonchev–Trinajstić information content (AvgIpc) is 2.40. The second kappa shape index (κ2) is 6.44. The summed E-state index contributed by atoms with van der Waals surface area (Å²) in [5.74, 6) is 1.60. The Morgan fingerprint density at radius 2 is 2.16 bits per heavy atom. The van der Waals surface area contributed by atoms with E-state index < -0.39 is 5.60 Å². The number of aromatic nitrogens is 2. The van der Waals surface area contributed by atoms with Crippen molar-refractivity contribution in [2.75, 3.05) is 6.54 Å². The number of aryl methyl sites for hydroxylation is 1. The molecular formula is C15H25N3O. The Morgan fingerprint density at radius 3 is 2.79 bits per heavy atom. The minimum atomic E-state index is -0.520. The molecule has 1 aliphatic carbocycles. The highest BCUT2D eigenvalue weighted by Crippen LogP contribution is 2.33. The van der Waals surface area contributed by atoms with Crippen molar-refractivity contribution in [3.63, 3.8) is 0 Å². The third-order valence-corrected chi connectivity index (χ3v) is 4.21. The van der Waals surface area contributed by atoms with Crippen LogP contribution in [0.4, 0.5) is 0 Å². The van der Waals surface area contributed by atoms with E-state index in [2.05, 4.69) is 22.2 Å². The van der Waals surface area contributed by atoms with Gasteiger partial charge in [0.25, 0.3) is 0 Å². The molecule has 0 aromatic carbocycles. The van der Waals surface area contributed by atoms with Crippen LogP contribution in [-0.4, -0.2) is 27.2 Å². The quantitative estimate of drug-likeness (QED) is 0.855. The summed E-state index contributed by atoms with van der Waals surface area (Å²) in [5.41, 5.74) is 0.464. The lowest BCUT2D eigenvalue weighted by Crippen LogP contribution is -2.43. The smallest absolute Gasteiger partial charge is 0.125 e. The maximum Gasteiger partial charge on any atom is 0.125 e. The molecule has 1 saturated carbocycles. The van der Waals surface area contributed by atoms with Crippen LogP contribution in [0.3, 0.4) is 0 Å². The van der Waals surface area contributed by atoms with Crippen LogP contribution in [0.5, 0.6) is 0 Å². The predicted octanol–water partition coefficient (Wildman–Crippen LogP) is 2.21. The lowest BCUT2D eigenvalue weighted by Gasteiger charge is -2.36. The van der Waals surface area contributed by atoms with Gasteiger partial charge in [0, 0.05) is 19.3 Å². The molecule has 1 aliphatic rings. The molecule has 1 fully saturated rings. The Morgan fingerprint density at radius 1 is 1.42 bits per heavy atom. The molecule has 1 aromatic heterocycles. The van der Waals surface area contributed by atoms with Gasteiger partial charge in [-0.1, -0.05) is 13.3 Å². The molecule has 0 amide bonds. The van der Waals surface area contributed by atoms with Gasteiger partial charge in [0.15, 0.2) is 0 Å². The first-order valence-electron chi connectivity index (χ1n) is 7.33. The fourth-order valence-corrected chi connectivity index (χ4v) is 2.83. The second-order valence-corrected chi connectivity index (χ2v) is 5.77. The largest absolute Gasteiger partial charge is 0.389 e. The van der Waals surface area contributed by atoms with Crippen molar-refractivity contribution >= 4 is 0 Å². The molecule has 0 spiro atoms. The monoisotopic (exact) mass is 263 g/mol. The zero-order chi connectivity index (χ0) is 13.7. The van der Waals surface area contributed by atoms with E-state index in [1.807, 2.05) is 13.0 Å². The predicted molar refractivity (Wildman–Crippen MR) is 75.7 cm³/mol. The van der Waals surface area contributed by atoms with Crippen LogP contribution in [0.2, 0.25) is 0 Å². The Kier molecular flexibility index (Phi) is 4.88. The van der Waals surface area contributed by atoms with Gasteiger partial charge < -0.3 is 10.4 Å². The number of nitrogens with zero attached hydrogens (tertiary/aromatic N) is 2. The summed E-state index contributed by atoms with van der Waals surface area (Å²) >= 11 is 0. The number of hydrogen-bond donors (Lipinski definition) is 2. The highest BCUT2D eigenvalue weighted by molar-refractivity contribution is 5.01. The van der Waals surface area contributed by atoms with Crippen molar-refractivity contribution in [2.24, 2.45) is 5.92 Å². The molecule has 106 valence electrons. The van der Waals surface area contributed by atoms with Crippen LogP contribution >= 0.6 is 0 Å². The van der Waals surface area contributed by atoms with E-state index in [0.29, 0.717) is 13.1 Å². The topological polar surface area (TPSA) is 58.0 Å². The lowest BCUT2D eigenvalue weighted by atomic mass is 9.78. The minimum Gasteiger partial charge on any atom is -0.389 e. The standard InChI is InChI=1S/C15H25N3O/c1-3-13-4-7-15(19,8-5-13)11-16-10-14-6-9-17-12(2)18-14/h6,9,13,16,19H,3-5,7-8,10-11H2,1-2H3. The summed E-state index contributed by atoms with van der Waals surface area (Å²) in [7, 11) is 0. The molecule has 0 atom stereocenters. The Labute approximate surface area is 115 Å². The van der Waals surface area contributed by atoms with E-state index in [1.165, 1.54) is 6.42 Å². The van der Waals surface area contributed by atoms with Crippen LogP contribution in [-0.2, 0) is 6.54 Å². The maximum atomic E-state index is 10.5. The Bertz CT molecular complexity index is 400. The van der Waals surface area contributed by atoms with Gasteiger partial charge in [0.05, 0.1) is 11.3 Å². The highest BCUT2D eigenvalue weighted by Gasteiger charge is 2.32. The van der Waals surface area contributed by atoms with E-state index in [-0.39, 0.29) is 0 Å². The van der Waals surface area contributed by atoms with E-state index in [4.69, 9.17) is 0 Å². The fourth-order valence-electron chi connectivity index (χ4n) is 2.83. The molecule has 1 aromatic rings. The number of nitrogens with one attached hydrogen (secondary N) is 1. The first-order valence-corrected chi connectivity index (χ1v) is 7.33. The third-order valence-electron chi connectivity index (χ3n) is 4.21. The van der Waals surface area contributed by atoms with Crippen molar-refractivity contribution in [3.8, 4) is 0 Å². The van der Waals surface area contributed by atoms with Crippen molar-refractivity contribution in [1.82, 2.24) is 15.3 Å². The van der Waals surface area contributed by atoms with E-state index in [9.17, 15) is 5.11 Å². The molecule has 2 N–H and O–H groups in total. The molecule has 2 rings (SSSR count). The van der Waals surface area contributed by atoms with Crippen LogP contribution < -0.4 is 5.32 Å². The fraction of sp³-hybridized carbons (Fsp3) is 0.733. The summed E-state index contributed by atoms with van der Waals surface area (Å²) in [5, 5.41) is 13.9. The maximum absolute atomic E-state index is 10.5. The highest BCUT2D eigenvalue weighted by atomic mass is 16.3. The summed E-state index contributed by atoms with van der Waals surface area (Å²) in [6.07, 6.45) is 7.16. The number of hydrogen-bond acceptors (Lipinski definition) is 4. The molecular weight excluding hydrogens is 238 g/mol. The third kappa shape index (κ3) is 4.25. The lowest BCUT2D eigenvalue weighted by molar-refractivity contribution is -0.00886. The summed E-state index contributed by atoms with van der Waals surface area (Å²) in [6, 6.07) is 1.91. The van der Waals surface area contributed by atoms with Crippen molar-refractivity contribution < 1.29 is 5.11 Å². The van der Waals surface area contributed by atoms with Crippen molar-refractivity contribution in [3.05, 3.63) is 23.8 Å². The van der Waals surface area contributed by atoms with E-state index >= 15 is 0 Å². The van der Waals surface area contributed by atoms with E-state index in [1.54, 1.807) is 6.20 Å². The van der Waals surface area contributed by atoms with Crippen molar-refractivity contribution in [1.29, 1.82) is 0 Å². The zero-order valence-electron chi connectivity index (χ0n) is 12.0. The Hall–Kier alpha value is -1.00. The average molecular weight is 263 g/mol. The van der Waals surface area contributed by atoms with Gasteiger partial charge in [0.1, 0.15) is 5.82 Å². The summed E-state index contributed by atoms with van der Waals surface area (Å²) < 4.78 is 0. The van der Waals surface area contributed by atoms with Crippen molar-refractivity contribution in [2.45, 2.75) is 58.1 Å². The van der Waals surface area contributed by atoms with Crippen LogP contribution in [0.15, 0.2) is 12.3 Å².